The predicted octanol–water partition coefficient (Wildman–Crippen LogP) is 3.42. The number of piperidine rings is 2. The summed E-state index contributed by atoms with van der Waals surface area (Å²) in [6.07, 6.45) is 14.9. The molecule has 0 spiro atoms. The highest BCUT2D eigenvalue weighted by Gasteiger charge is 2.40. The summed E-state index contributed by atoms with van der Waals surface area (Å²) in [4.78, 5) is 19.1. The molecule has 6 rings (SSSR count). The topological polar surface area (TPSA) is 103 Å². The molecule has 10 heteroatoms. The van der Waals surface area contributed by atoms with Crippen LogP contribution in [0.5, 0.6) is 0 Å². The van der Waals surface area contributed by atoms with Gasteiger partial charge in [-0.3, -0.25) is 9.69 Å². The van der Waals surface area contributed by atoms with Crippen LogP contribution in [0, 0.1) is 5.92 Å². The van der Waals surface area contributed by atoms with Crippen molar-refractivity contribution in [1.82, 2.24) is 30.2 Å². The average molecular weight is 561 g/mol. The van der Waals surface area contributed by atoms with E-state index in [-0.39, 0.29) is 23.4 Å². The Balaban J connectivity index is 1.16. The Hall–Kier alpha value is -1.55. The Labute approximate surface area is 238 Å². The second-order valence-electron chi connectivity index (χ2n) is 12.7. The molecule has 39 heavy (non-hydrogen) atoms. The number of amides is 1. The number of fused-ring (bicyclic) bond motifs is 1. The fraction of sp³-hybridized carbons (Fsp3) is 0.862. The first kappa shape index (κ1) is 27.6. The van der Waals surface area contributed by atoms with Gasteiger partial charge in [-0.1, -0.05) is 38.5 Å². The molecule has 0 radical (unpaired) electrons. The SMILES string of the molecule is Nc1nn2c(c1C(=O)NC1CNCCC1N1CCC(N3CCC3)CC1)NCC(Cl)C2C1CCCCCCCC1. The maximum absolute atomic E-state index is 13.8. The minimum Gasteiger partial charge on any atom is -0.381 e. The number of rotatable bonds is 5. The van der Waals surface area contributed by atoms with Crippen LogP contribution in [-0.2, 0) is 0 Å². The molecule has 3 saturated heterocycles. The van der Waals surface area contributed by atoms with E-state index in [1.165, 1.54) is 83.7 Å². The van der Waals surface area contributed by atoms with Crippen molar-refractivity contribution in [3.8, 4) is 0 Å². The third kappa shape index (κ3) is 5.92. The van der Waals surface area contributed by atoms with Gasteiger partial charge in [0.05, 0.1) is 17.5 Å². The van der Waals surface area contributed by atoms with Crippen LogP contribution in [0.15, 0.2) is 0 Å². The maximum atomic E-state index is 13.8. The van der Waals surface area contributed by atoms with Crippen molar-refractivity contribution in [2.24, 2.45) is 5.92 Å². The van der Waals surface area contributed by atoms with Crippen molar-refractivity contribution in [3.63, 3.8) is 0 Å². The molecule has 4 atom stereocenters. The Morgan fingerprint density at radius 1 is 0.897 bits per heavy atom. The van der Waals surface area contributed by atoms with E-state index in [2.05, 4.69) is 25.8 Å². The van der Waals surface area contributed by atoms with Gasteiger partial charge >= 0.3 is 0 Å². The highest BCUT2D eigenvalue weighted by molar-refractivity contribution is 6.21. The normalized spacial score (nSPS) is 32.2. The summed E-state index contributed by atoms with van der Waals surface area (Å²) in [5.74, 6) is 1.41. The number of halogens is 1. The number of aromatic nitrogens is 2. The Morgan fingerprint density at radius 2 is 1.62 bits per heavy atom. The number of carbonyl (C=O) groups is 1. The molecule has 1 aromatic rings. The first-order chi connectivity index (χ1) is 19.1. The first-order valence-corrected chi connectivity index (χ1v) is 16.3. The zero-order valence-electron chi connectivity index (χ0n) is 23.6. The third-order valence-corrected chi connectivity index (χ3v) is 10.7. The highest BCUT2D eigenvalue weighted by Crippen LogP contribution is 2.41. The molecule has 1 amide bonds. The van der Waals surface area contributed by atoms with Crippen LogP contribution in [0.1, 0.15) is 93.4 Å². The average Bonchev–Trinajstić information content (AvgIpc) is 3.31. The zero-order chi connectivity index (χ0) is 26.8. The molecule has 5 aliphatic rings. The number of nitrogens with two attached hydrogens (primary N) is 1. The molecule has 5 N–H and O–H groups in total. The Kier molecular flexibility index (Phi) is 8.87. The van der Waals surface area contributed by atoms with Crippen LogP contribution in [0.3, 0.4) is 0 Å². The molecule has 4 unspecified atom stereocenters. The predicted molar refractivity (Wildman–Crippen MR) is 158 cm³/mol. The fourth-order valence-corrected chi connectivity index (χ4v) is 8.38. The van der Waals surface area contributed by atoms with Crippen molar-refractivity contribution >= 4 is 29.1 Å². The van der Waals surface area contributed by atoms with Crippen LogP contribution in [-0.4, -0.2) is 94.8 Å². The van der Waals surface area contributed by atoms with Crippen LogP contribution in [0.2, 0.25) is 0 Å². The molecule has 5 heterocycles. The van der Waals surface area contributed by atoms with Gasteiger partial charge in [-0.25, -0.2) is 4.68 Å². The minimum absolute atomic E-state index is 0.0521. The van der Waals surface area contributed by atoms with E-state index in [0.717, 1.165) is 44.5 Å². The number of nitrogens with zero attached hydrogens (tertiary/aromatic N) is 4. The number of alkyl halides is 1. The maximum Gasteiger partial charge on any atom is 0.259 e. The van der Waals surface area contributed by atoms with E-state index in [1.54, 1.807) is 0 Å². The van der Waals surface area contributed by atoms with Gasteiger partial charge in [0.1, 0.15) is 11.4 Å². The lowest BCUT2D eigenvalue weighted by molar-refractivity contribution is 0.0342. The quantitative estimate of drug-likeness (QED) is 0.409. The lowest BCUT2D eigenvalue weighted by Crippen LogP contribution is -2.62. The number of hydrogen-bond acceptors (Lipinski definition) is 7. The second-order valence-corrected chi connectivity index (χ2v) is 13.3. The molecular weight excluding hydrogens is 512 g/mol. The number of nitrogen functional groups attached to an aromatic ring is 1. The number of hydrogen-bond donors (Lipinski definition) is 4. The van der Waals surface area contributed by atoms with Crippen LogP contribution < -0.4 is 21.7 Å². The molecule has 1 aromatic heterocycles. The third-order valence-electron chi connectivity index (χ3n) is 10.3. The number of carbonyl (C=O) groups excluding carboxylic acids is 1. The summed E-state index contributed by atoms with van der Waals surface area (Å²) in [5, 5.41) is 15.0. The van der Waals surface area contributed by atoms with Gasteiger partial charge in [0.25, 0.3) is 5.91 Å². The number of likely N-dealkylation sites (tertiary alicyclic amines) is 2. The van der Waals surface area contributed by atoms with Gasteiger partial charge in [0.15, 0.2) is 5.82 Å². The van der Waals surface area contributed by atoms with Gasteiger partial charge in [-0.2, -0.15) is 5.10 Å². The number of nitrogens with one attached hydrogen (secondary N) is 3. The molecule has 4 fully saturated rings. The Bertz CT molecular complexity index is 965. The zero-order valence-corrected chi connectivity index (χ0v) is 24.3. The first-order valence-electron chi connectivity index (χ1n) is 15.9. The summed E-state index contributed by atoms with van der Waals surface area (Å²) < 4.78 is 1.98. The molecule has 4 aliphatic heterocycles. The van der Waals surface area contributed by atoms with Crippen LogP contribution in [0.4, 0.5) is 11.6 Å². The van der Waals surface area contributed by atoms with Crippen molar-refractivity contribution in [3.05, 3.63) is 5.56 Å². The molecule has 1 aliphatic carbocycles. The van der Waals surface area contributed by atoms with Crippen molar-refractivity contribution in [2.75, 3.05) is 56.9 Å². The van der Waals surface area contributed by atoms with Crippen molar-refractivity contribution in [1.29, 1.82) is 0 Å². The number of anilines is 2. The smallest absolute Gasteiger partial charge is 0.259 e. The Morgan fingerprint density at radius 3 is 2.31 bits per heavy atom. The van der Waals surface area contributed by atoms with Gasteiger partial charge in [-0.15, -0.1) is 11.6 Å². The summed E-state index contributed by atoms with van der Waals surface area (Å²) in [5.41, 5.74) is 6.97. The highest BCUT2D eigenvalue weighted by atomic mass is 35.5. The fourth-order valence-electron chi connectivity index (χ4n) is 7.99. The molecule has 9 nitrogen and oxygen atoms in total. The van der Waals surface area contributed by atoms with Crippen LogP contribution >= 0.6 is 11.6 Å². The van der Waals surface area contributed by atoms with E-state index < -0.39 is 0 Å². The van der Waals surface area contributed by atoms with E-state index in [9.17, 15) is 4.79 Å². The van der Waals surface area contributed by atoms with Gasteiger partial charge in [-0.05, 0) is 64.1 Å². The minimum atomic E-state index is -0.114. The lowest BCUT2D eigenvalue weighted by Gasteiger charge is -2.47. The molecule has 0 aromatic carbocycles. The summed E-state index contributed by atoms with van der Waals surface area (Å²) in [7, 11) is 0. The van der Waals surface area contributed by atoms with E-state index in [0.29, 0.717) is 29.9 Å². The summed E-state index contributed by atoms with van der Waals surface area (Å²) in [6.45, 7) is 7.19. The second kappa shape index (κ2) is 12.5. The van der Waals surface area contributed by atoms with Gasteiger partial charge in [0.2, 0.25) is 0 Å². The molecule has 0 bridgehead atoms. The van der Waals surface area contributed by atoms with Crippen molar-refractivity contribution < 1.29 is 4.79 Å². The lowest BCUT2D eigenvalue weighted by atomic mass is 9.86. The summed E-state index contributed by atoms with van der Waals surface area (Å²) in [6, 6.07) is 1.22. The molecule has 1 saturated carbocycles. The van der Waals surface area contributed by atoms with Crippen LogP contribution in [0.25, 0.3) is 0 Å². The molecular formula is C29H49ClN8O. The standard InChI is InChI=1S/C29H49ClN8O/c30-22-18-33-28-25(27(31)35-38(28)26(22)20-8-5-3-1-2-4-6-9-20)29(39)34-23-19-32-13-10-24(23)37-16-11-21(12-17-37)36-14-7-15-36/h20-24,26,32-33H,1-19H2,(H2,31,35)(H,34,39). The monoisotopic (exact) mass is 560 g/mol. The van der Waals surface area contributed by atoms with Gasteiger partial charge in [0, 0.05) is 38.3 Å². The van der Waals surface area contributed by atoms with E-state index in [1.807, 2.05) is 4.68 Å². The van der Waals surface area contributed by atoms with E-state index >= 15 is 0 Å². The largest absolute Gasteiger partial charge is 0.381 e. The summed E-state index contributed by atoms with van der Waals surface area (Å²) >= 11 is 6.94. The van der Waals surface area contributed by atoms with Crippen molar-refractivity contribution in [2.45, 2.75) is 107 Å². The van der Waals surface area contributed by atoms with Gasteiger partial charge < -0.3 is 26.6 Å². The molecule has 218 valence electrons. The van der Waals surface area contributed by atoms with E-state index in [4.69, 9.17) is 22.4 Å².